The summed E-state index contributed by atoms with van der Waals surface area (Å²) in [5.74, 6) is -1.51. The Morgan fingerprint density at radius 3 is 2.74 bits per heavy atom. The number of hydrogen-bond acceptors (Lipinski definition) is 8. The summed E-state index contributed by atoms with van der Waals surface area (Å²) in [6, 6.07) is 10.7. The monoisotopic (exact) mass is 633 g/mol. The maximum Gasteiger partial charge on any atom is 0.341 e. The van der Waals surface area contributed by atoms with Gasteiger partial charge in [-0.2, -0.15) is 5.10 Å². The van der Waals surface area contributed by atoms with Crippen LogP contribution in [0.25, 0.3) is 0 Å². The average Bonchev–Trinajstić information content (AvgIpc) is 3.48. The molecule has 0 unspecified atom stereocenters. The van der Waals surface area contributed by atoms with Gasteiger partial charge >= 0.3 is 17.8 Å². The molecule has 204 valence electrons. The van der Waals surface area contributed by atoms with E-state index in [1.807, 2.05) is 18.2 Å². The Balaban J connectivity index is 1.39. The van der Waals surface area contributed by atoms with Crippen molar-refractivity contribution >= 4 is 67.9 Å². The molecular weight excluding hydrogens is 610 g/mol. The fourth-order valence-corrected chi connectivity index (χ4v) is 6.08. The van der Waals surface area contributed by atoms with E-state index < -0.39 is 17.8 Å². The van der Waals surface area contributed by atoms with Crippen LogP contribution >= 0.6 is 38.9 Å². The van der Waals surface area contributed by atoms with E-state index in [0.29, 0.717) is 37.1 Å². The summed E-state index contributed by atoms with van der Waals surface area (Å²) in [5, 5.41) is 7.34. The molecule has 1 aliphatic carbocycles. The molecule has 0 spiro atoms. The van der Waals surface area contributed by atoms with Crippen LogP contribution in [0, 0.1) is 0 Å². The summed E-state index contributed by atoms with van der Waals surface area (Å²) < 4.78 is 17.1. The second kappa shape index (κ2) is 13.1. The Morgan fingerprint density at radius 1 is 1.18 bits per heavy atom. The van der Waals surface area contributed by atoms with Crippen LogP contribution in [-0.4, -0.2) is 37.7 Å². The van der Waals surface area contributed by atoms with Gasteiger partial charge in [0.2, 0.25) is 0 Å². The summed E-state index contributed by atoms with van der Waals surface area (Å²) in [6.45, 7) is 2.20. The van der Waals surface area contributed by atoms with E-state index in [1.54, 1.807) is 25.1 Å². The molecule has 39 heavy (non-hydrogen) atoms. The second-order valence-electron chi connectivity index (χ2n) is 8.39. The number of carbonyl (C=O) groups excluding carboxylic acids is 3. The molecule has 1 aliphatic rings. The molecule has 0 saturated heterocycles. The normalized spacial score (nSPS) is 12.2. The lowest BCUT2D eigenvalue weighted by molar-refractivity contribution is -0.136. The number of halogens is 2. The Kier molecular flexibility index (Phi) is 9.60. The largest absolute Gasteiger partial charge is 0.493 e. The molecule has 0 radical (unpaired) electrons. The van der Waals surface area contributed by atoms with Gasteiger partial charge in [0.25, 0.3) is 0 Å². The number of methoxy groups -OCH3 is 1. The third-order valence-corrected chi connectivity index (χ3v) is 7.77. The van der Waals surface area contributed by atoms with Gasteiger partial charge in [-0.3, -0.25) is 9.59 Å². The fourth-order valence-electron chi connectivity index (χ4n) is 4.02. The summed E-state index contributed by atoms with van der Waals surface area (Å²) >= 11 is 10.8. The number of rotatable bonds is 9. The number of esters is 1. The van der Waals surface area contributed by atoms with Crippen LogP contribution in [0.2, 0.25) is 5.02 Å². The van der Waals surface area contributed by atoms with Crippen molar-refractivity contribution in [2.24, 2.45) is 5.10 Å². The quantitative estimate of drug-likeness (QED) is 0.139. The van der Waals surface area contributed by atoms with Gasteiger partial charge in [0.15, 0.2) is 11.5 Å². The molecule has 4 rings (SSSR count). The first-order valence-electron chi connectivity index (χ1n) is 12.0. The van der Waals surface area contributed by atoms with Crippen LogP contribution in [0.4, 0.5) is 5.00 Å². The highest BCUT2D eigenvalue weighted by molar-refractivity contribution is 9.10. The first kappa shape index (κ1) is 28.6. The molecule has 2 amide bonds. The van der Waals surface area contributed by atoms with Crippen molar-refractivity contribution in [1.29, 1.82) is 0 Å². The average molecular weight is 635 g/mol. The van der Waals surface area contributed by atoms with Gasteiger partial charge in [-0.1, -0.05) is 23.7 Å². The maximum absolute atomic E-state index is 12.5. The number of anilines is 1. The number of nitrogens with one attached hydrogen (secondary N) is 2. The zero-order valence-corrected chi connectivity index (χ0v) is 24.3. The summed E-state index contributed by atoms with van der Waals surface area (Å²) in [5.41, 5.74) is 4.88. The molecule has 1 heterocycles. The molecule has 0 atom stereocenters. The highest BCUT2D eigenvalue weighted by Crippen LogP contribution is 2.40. The fraction of sp³-hybridized carbons (Fsp3) is 0.259. The molecule has 0 fully saturated rings. The summed E-state index contributed by atoms with van der Waals surface area (Å²) in [6.07, 6.45) is 3.86. The highest BCUT2D eigenvalue weighted by Gasteiger charge is 2.29. The van der Waals surface area contributed by atoms with Crippen LogP contribution in [-0.2, 0) is 33.8 Å². The Labute approximate surface area is 242 Å². The van der Waals surface area contributed by atoms with Crippen LogP contribution in [0.15, 0.2) is 46.0 Å². The first-order chi connectivity index (χ1) is 18.8. The minimum absolute atomic E-state index is 0.210. The zero-order chi connectivity index (χ0) is 27.9. The van der Waals surface area contributed by atoms with E-state index in [1.165, 1.54) is 24.7 Å². The van der Waals surface area contributed by atoms with Crippen molar-refractivity contribution in [1.82, 2.24) is 5.43 Å². The third kappa shape index (κ3) is 6.97. The number of hydrogen-bond donors (Lipinski definition) is 2. The number of amides is 2. The third-order valence-electron chi connectivity index (χ3n) is 5.74. The van der Waals surface area contributed by atoms with Crippen LogP contribution in [0.5, 0.6) is 11.5 Å². The molecule has 2 N–H and O–H groups in total. The van der Waals surface area contributed by atoms with Crippen LogP contribution in [0.3, 0.4) is 0 Å². The minimum Gasteiger partial charge on any atom is -0.493 e. The molecular formula is C27H25BrClN3O6S. The molecule has 0 bridgehead atoms. The topological polar surface area (TPSA) is 115 Å². The van der Waals surface area contributed by atoms with E-state index in [4.69, 9.17) is 25.8 Å². The lowest BCUT2D eigenvalue weighted by Crippen LogP contribution is -2.32. The van der Waals surface area contributed by atoms with Gasteiger partial charge in [-0.25, -0.2) is 10.2 Å². The van der Waals surface area contributed by atoms with E-state index in [0.717, 1.165) is 35.3 Å². The highest BCUT2D eigenvalue weighted by atomic mass is 79.9. The van der Waals surface area contributed by atoms with E-state index in [2.05, 4.69) is 31.8 Å². The number of nitrogens with zero attached hydrogens (tertiary/aromatic N) is 1. The van der Waals surface area contributed by atoms with Crippen molar-refractivity contribution in [3.63, 3.8) is 0 Å². The number of benzene rings is 2. The lowest BCUT2D eigenvalue weighted by Gasteiger charge is -2.13. The zero-order valence-electron chi connectivity index (χ0n) is 21.1. The van der Waals surface area contributed by atoms with Crippen molar-refractivity contribution in [3.8, 4) is 11.5 Å². The standard InChI is InChI=1S/C27H25BrClN3O6S/c1-3-37-27(35)22-18-8-5-9-21(18)39-26(22)31-24(33)25(34)32-30-13-16-11-19(28)23(20(12-16)36-2)38-14-15-6-4-7-17(29)10-15/h4,6-7,10-13H,3,5,8-9,14H2,1-2H3,(H,31,33)(H,32,34)/b30-13+. The Morgan fingerprint density at radius 2 is 2.00 bits per heavy atom. The van der Waals surface area contributed by atoms with Crippen LogP contribution < -0.4 is 20.2 Å². The van der Waals surface area contributed by atoms with Crippen molar-refractivity contribution in [3.05, 3.63) is 73.0 Å². The number of carbonyl (C=O) groups is 3. The van der Waals surface area contributed by atoms with Crippen LogP contribution in [0.1, 0.15) is 45.3 Å². The van der Waals surface area contributed by atoms with E-state index in [9.17, 15) is 14.4 Å². The summed E-state index contributed by atoms with van der Waals surface area (Å²) in [7, 11) is 1.51. The smallest absolute Gasteiger partial charge is 0.341 e. The van der Waals surface area contributed by atoms with Crippen molar-refractivity contribution < 1.29 is 28.6 Å². The summed E-state index contributed by atoms with van der Waals surface area (Å²) in [4.78, 5) is 38.4. The molecule has 0 aliphatic heterocycles. The van der Waals surface area contributed by atoms with Gasteiger partial charge in [-0.05, 0) is 83.1 Å². The first-order valence-corrected chi connectivity index (χ1v) is 14.0. The number of hydrazone groups is 1. The van der Waals surface area contributed by atoms with Crippen molar-refractivity contribution in [2.45, 2.75) is 32.8 Å². The number of aryl methyl sites for hydroxylation is 1. The van der Waals surface area contributed by atoms with Gasteiger partial charge in [-0.15, -0.1) is 11.3 Å². The number of thiophene rings is 1. The van der Waals surface area contributed by atoms with Crippen molar-refractivity contribution in [2.75, 3.05) is 19.0 Å². The van der Waals surface area contributed by atoms with Gasteiger partial charge in [0, 0.05) is 9.90 Å². The lowest BCUT2D eigenvalue weighted by atomic mass is 10.1. The molecule has 9 nitrogen and oxygen atoms in total. The van der Waals surface area contributed by atoms with E-state index in [-0.39, 0.29) is 13.2 Å². The van der Waals surface area contributed by atoms with Gasteiger partial charge in [0.1, 0.15) is 11.6 Å². The molecule has 12 heteroatoms. The minimum atomic E-state index is -0.984. The van der Waals surface area contributed by atoms with Gasteiger partial charge in [0.05, 0.1) is 30.0 Å². The predicted molar refractivity (Wildman–Crippen MR) is 153 cm³/mol. The van der Waals surface area contributed by atoms with Gasteiger partial charge < -0.3 is 19.5 Å². The Hall–Kier alpha value is -3.41. The molecule has 2 aromatic carbocycles. The second-order valence-corrected chi connectivity index (χ2v) is 10.8. The Bertz CT molecular complexity index is 1440. The van der Waals surface area contributed by atoms with E-state index >= 15 is 0 Å². The number of ether oxygens (including phenoxy) is 3. The number of fused-ring (bicyclic) bond motifs is 1. The SMILES string of the molecule is CCOC(=O)c1c(NC(=O)C(=O)N/N=C/c2cc(Br)c(OCc3cccc(Cl)c3)c(OC)c2)sc2c1CCC2. The molecule has 0 saturated carbocycles. The molecule has 1 aromatic heterocycles. The molecule has 3 aromatic rings. The predicted octanol–water partition coefficient (Wildman–Crippen LogP) is 5.51. The maximum atomic E-state index is 12.5.